The molecular weight excluding hydrogens is 268 g/mol. The number of ether oxygens (including phenoxy) is 1. The van der Waals surface area contributed by atoms with Crippen molar-refractivity contribution in [1.82, 2.24) is 0 Å². The van der Waals surface area contributed by atoms with E-state index in [-0.39, 0.29) is 17.6 Å². The van der Waals surface area contributed by atoms with E-state index in [1.807, 2.05) is 13.0 Å². The van der Waals surface area contributed by atoms with E-state index in [9.17, 15) is 14.7 Å². The zero-order valence-corrected chi connectivity index (χ0v) is 12.7. The highest BCUT2D eigenvalue weighted by Crippen LogP contribution is 2.52. The first-order valence-electron chi connectivity index (χ1n) is 7.74. The van der Waals surface area contributed by atoms with Gasteiger partial charge in [-0.25, -0.2) is 9.59 Å². The molecule has 4 heteroatoms. The van der Waals surface area contributed by atoms with Crippen LogP contribution in [0, 0.1) is 23.7 Å². The maximum Gasteiger partial charge on any atom is 0.345 e. The molecule has 21 heavy (non-hydrogen) atoms. The van der Waals surface area contributed by atoms with Gasteiger partial charge < -0.3 is 9.84 Å². The van der Waals surface area contributed by atoms with Crippen LogP contribution < -0.4 is 0 Å². The van der Waals surface area contributed by atoms with Crippen molar-refractivity contribution in [2.75, 3.05) is 0 Å². The lowest BCUT2D eigenvalue weighted by Gasteiger charge is -2.25. The molecule has 2 aliphatic carbocycles. The summed E-state index contributed by atoms with van der Waals surface area (Å²) in [5.41, 5.74) is -0.212. The maximum absolute atomic E-state index is 12.0. The van der Waals surface area contributed by atoms with Gasteiger partial charge in [-0.1, -0.05) is 19.1 Å². The molecule has 0 amide bonds. The van der Waals surface area contributed by atoms with Crippen LogP contribution in [-0.4, -0.2) is 23.1 Å². The fourth-order valence-corrected chi connectivity index (χ4v) is 3.69. The lowest BCUT2D eigenvalue weighted by molar-refractivity contribution is -0.147. The third kappa shape index (κ3) is 3.36. The Bertz CT molecular complexity index is 465. The molecule has 2 fully saturated rings. The third-order valence-corrected chi connectivity index (χ3v) is 4.93. The van der Waals surface area contributed by atoms with Gasteiger partial charge in [0.1, 0.15) is 5.57 Å². The van der Waals surface area contributed by atoms with Gasteiger partial charge in [0.2, 0.25) is 0 Å². The summed E-state index contributed by atoms with van der Waals surface area (Å²) in [6.45, 7) is 7.53. The number of rotatable bonds is 6. The topological polar surface area (TPSA) is 63.6 Å². The molecule has 5 atom stereocenters. The third-order valence-electron chi connectivity index (χ3n) is 4.93. The maximum atomic E-state index is 12.0. The summed E-state index contributed by atoms with van der Waals surface area (Å²) in [5.74, 6) is -0.234. The molecule has 5 unspecified atom stereocenters. The first-order valence-corrected chi connectivity index (χ1v) is 7.74. The summed E-state index contributed by atoms with van der Waals surface area (Å²) >= 11 is 0. The highest BCUT2D eigenvalue weighted by molar-refractivity contribution is 6.13. The quantitative estimate of drug-likeness (QED) is 0.268. The molecule has 0 aromatic rings. The normalized spacial score (nSPS) is 32.8. The van der Waals surface area contributed by atoms with E-state index >= 15 is 0 Å². The van der Waals surface area contributed by atoms with Crippen molar-refractivity contribution in [3.8, 4) is 0 Å². The van der Waals surface area contributed by atoms with Crippen molar-refractivity contribution in [2.24, 2.45) is 23.7 Å². The van der Waals surface area contributed by atoms with Crippen LogP contribution in [0.1, 0.15) is 39.5 Å². The average Bonchev–Trinajstić information content (AvgIpc) is 3.03. The van der Waals surface area contributed by atoms with Crippen molar-refractivity contribution < 1.29 is 19.4 Å². The van der Waals surface area contributed by atoms with Gasteiger partial charge in [-0.05, 0) is 56.3 Å². The Balaban J connectivity index is 2.13. The second-order valence-corrected chi connectivity index (χ2v) is 6.31. The van der Waals surface area contributed by atoms with Gasteiger partial charge in [0.05, 0.1) is 6.10 Å². The van der Waals surface area contributed by atoms with E-state index in [0.29, 0.717) is 24.2 Å². The molecule has 2 aliphatic rings. The Hall–Kier alpha value is -1.58. The number of carboxylic acid groups (broad SMARTS) is 1. The second-order valence-electron chi connectivity index (χ2n) is 6.31. The van der Waals surface area contributed by atoms with Gasteiger partial charge in [0.15, 0.2) is 0 Å². The zero-order chi connectivity index (χ0) is 15.6. The summed E-state index contributed by atoms with van der Waals surface area (Å²) in [4.78, 5) is 23.4. The van der Waals surface area contributed by atoms with E-state index in [2.05, 4.69) is 6.58 Å². The van der Waals surface area contributed by atoms with Gasteiger partial charge >= 0.3 is 11.9 Å². The first kappa shape index (κ1) is 15.8. The summed E-state index contributed by atoms with van der Waals surface area (Å²) in [5, 5.41) is 9.29. The van der Waals surface area contributed by atoms with E-state index < -0.39 is 11.9 Å². The molecule has 1 N–H and O–H groups in total. The van der Waals surface area contributed by atoms with Crippen LogP contribution in [0.2, 0.25) is 0 Å². The fraction of sp³-hybridized carbons (Fsp3) is 0.647. The molecule has 2 bridgehead atoms. The molecule has 0 radical (unpaired) electrons. The molecule has 2 saturated carbocycles. The van der Waals surface area contributed by atoms with Gasteiger partial charge in [-0.2, -0.15) is 0 Å². The van der Waals surface area contributed by atoms with Crippen molar-refractivity contribution in [2.45, 2.75) is 45.6 Å². The highest BCUT2D eigenvalue weighted by atomic mass is 16.5. The molecule has 0 saturated heterocycles. The number of fused-ring (bicyclic) bond motifs is 2. The molecular formula is C17H24O4. The number of hydrogen-bond donors (Lipinski definition) is 1. The number of carbonyl (C=O) groups is 2. The summed E-state index contributed by atoms with van der Waals surface area (Å²) in [6.07, 6.45) is 7.26. The van der Waals surface area contributed by atoms with Crippen molar-refractivity contribution in [1.29, 1.82) is 0 Å². The fourth-order valence-electron chi connectivity index (χ4n) is 3.69. The number of aliphatic carboxylic acids is 1. The molecule has 4 nitrogen and oxygen atoms in total. The number of hydrogen-bond acceptors (Lipinski definition) is 3. The Morgan fingerprint density at radius 3 is 2.52 bits per heavy atom. The van der Waals surface area contributed by atoms with E-state index in [0.717, 1.165) is 19.3 Å². The molecule has 0 aliphatic heterocycles. The Morgan fingerprint density at radius 2 is 2.00 bits per heavy atom. The SMILES string of the molecule is C=CC1CC2CC(C=C(C(=O)O)C(=O)OC(C)CC)C1C2. The lowest BCUT2D eigenvalue weighted by Crippen LogP contribution is -2.23. The van der Waals surface area contributed by atoms with Gasteiger partial charge in [0.25, 0.3) is 0 Å². The van der Waals surface area contributed by atoms with Crippen LogP contribution >= 0.6 is 0 Å². The Kier molecular flexibility index (Phi) is 4.86. The minimum absolute atomic E-state index is 0.155. The van der Waals surface area contributed by atoms with Crippen LogP contribution in [0.4, 0.5) is 0 Å². The predicted molar refractivity (Wildman–Crippen MR) is 79.6 cm³/mol. The Labute approximate surface area is 125 Å². The monoisotopic (exact) mass is 292 g/mol. The largest absolute Gasteiger partial charge is 0.477 e. The molecule has 0 aromatic carbocycles. The smallest absolute Gasteiger partial charge is 0.345 e. The van der Waals surface area contributed by atoms with Gasteiger partial charge in [0, 0.05) is 0 Å². The molecule has 0 heterocycles. The minimum atomic E-state index is -1.19. The van der Waals surface area contributed by atoms with E-state index in [1.165, 1.54) is 0 Å². The van der Waals surface area contributed by atoms with Crippen LogP contribution in [0.25, 0.3) is 0 Å². The number of esters is 1. The minimum Gasteiger partial charge on any atom is -0.477 e. The van der Waals surface area contributed by atoms with Crippen LogP contribution in [0.5, 0.6) is 0 Å². The zero-order valence-electron chi connectivity index (χ0n) is 12.7. The standard InChI is InChI=1S/C17H24O4/c1-4-10(3)21-17(20)15(16(18)19)9-13-7-11-6-12(5-2)14(13)8-11/h5,9-14H,2,4,6-8H2,1,3H3,(H,18,19). The van der Waals surface area contributed by atoms with Crippen molar-refractivity contribution >= 4 is 11.9 Å². The van der Waals surface area contributed by atoms with Crippen LogP contribution in [0.3, 0.4) is 0 Å². The van der Waals surface area contributed by atoms with Gasteiger partial charge in [-0.3, -0.25) is 0 Å². The average molecular weight is 292 g/mol. The van der Waals surface area contributed by atoms with Crippen LogP contribution in [-0.2, 0) is 14.3 Å². The predicted octanol–water partition coefficient (Wildman–Crippen LogP) is 3.19. The number of allylic oxidation sites excluding steroid dienone is 2. The van der Waals surface area contributed by atoms with Crippen LogP contribution in [0.15, 0.2) is 24.3 Å². The van der Waals surface area contributed by atoms with E-state index in [1.54, 1.807) is 13.0 Å². The van der Waals surface area contributed by atoms with Crippen molar-refractivity contribution in [3.63, 3.8) is 0 Å². The first-order chi connectivity index (χ1) is 9.96. The highest BCUT2D eigenvalue weighted by Gasteiger charge is 2.44. The summed E-state index contributed by atoms with van der Waals surface area (Å²) in [6, 6.07) is 0. The van der Waals surface area contributed by atoms with E-state index in [4.69, 9.17) is 4.74 Å². The second kappa shape index (κ2) is 6.46. The number of carboxylic acids is 1. The number of carbonyl (C=O) groups excluding carboxylic acids is 1. The summed E-state index contributed by atoms with van der Waals surface area (Å²) < 4.78 is 5.16. The molecule has 0 spiro atoms. The Morgan fingerprint density at radius 1 is 1.33 bits per heavy atom. The van der Waals surface area contributed by atoms with Gasteiger partial charge in [-0.15, -0.1) is 6.58 Å². The lowest BCUT2D eigenvalue weighted by atomic mass is 9.80. The molecule has 116 valence electrons. The summed E-state index contributed by atoms with van der Waals surface area (Å²) in [7, 11) is 0. The van der Waals surface area contributed by atoms with Crippen molar-refractivity contribution in [3.05, 3.63) is 24.3 Å². The molecule has 0 aromatic heterocycles. The molecule has 2 rings (SSSR count).